The molecule has 0 bridgehead atoms. The number of benzene rings is 1. The van der Waals surface area contributed by atoms with Crippen LogP contribution in [-0.4, -0.2) is 24.0 Å². The van der Waals surface area contributed by atoms with Crippen molar-refractivity contribution in [2.75, 3.05) is 18.4 Å². The summed E-state index contributed by atoms with van der Waals surface area (Å²) in [5.74, 6) is 0. The zero-order chi connectivity index (χ0) is 12.5. The van der Waals surface area contributed by atoms with Crippen molar-refractivity contribution >= 4 is 11.7 Å². The highest BCUT2D eigenvalue weighted by Crippen LogP contribution is 2.23. The molecular formula is C14H20N2O. The fourth-order valence-electron chi connectivity index (χ4n) is 1.78. The van der Waals surface area contributed by atoms with E-state index in [-0.39, 0.29) is 11.4 Å². The highest BCUT2D eigenvalue weighted by atomic mass is 16.2. The third-order valence-corrected chi connectivity index (χ3v) is 3.15. The quantitative estimate of drug-likeness (QED) is 0.792. The van der Waals surface area contributed by atoms with Gasteiger partial charge < -0.3 is 10.2 Å². The molecule has 1 saturated heterocycles. The number of carbonyl (C=O) groups excluding carboxylic acids is 1. The van der Waals surface area contributed by atoms with Crippen molar-refractivity contribution in [1.29, 1.82) is 0 Å². The summed E-state index contributed by atoms with van der Waals surface area (Å²) in [6.07, 6.45) is 1.12. The highest BCUT2D eigenvalue weighted by Gasteiger charge is 2.20. The molecule has 1 heterocycles. The Labute approximate surface area is 103 Å². The molecule has 1 aliphatic rings. The first-order chi connectivity index (χ1) is 7.97. The first-order valence-corrected chi connectivity index (χ1v) is 6.13. The summed E-state index contributed by atoms with van der Waals surface area (Å²) in [5.41, 5.74) is 2.30. The third kappa shape index (κ3) is 2.78. The van der Waals surface area contributed by atoms with Crippen molar-refractivity contribution < 1.29 is 4.79 Å². The predicted octanol–water partition coefficient (Wildman–Crippen LogP) is 3.22. The highest BCUT2D eigenvalue weighted by molar-refractivity contribution is 5.89. The molecule has 3 heteroatoms. The number of nitrogens with zero attached hydrogens (tertiary/aromatic N) is 1. The van der Waals surface area contributed by atoms with Crippen LogP contribution in [0.2, 0.25) is 0 Å². The van der Waals surface area contributed by atoms with Crippen LogP contribution < -0.4 is 5.32 Å². The van der Waals surface area contributed by atoms with E-state index in [1.54, 1.807) is 0 Å². The summed E-state index contributed by atoms with van der Waals surface area (Å²) >= 11 is 0. The van der Waals surface area contributed by atoms with Gasteiger partial charge in [0.05, 0.1) is 0 Å². The van der Waals surface area contributed by atoms with E-state index in [4.69, 9.17) is 0 Å². The molecule has 0 radical (unpaired) electrons. The summed E-state index contributed by atoms with van der Waals surface area (Å²) < 4.78 is 0. The van der Waals surface area contributed by atoms with E-state index in [1.165, 1.54) is 5.56 Å². The molecular weight excluding hydrogens is 212 g/mol. The zero-order valence-electron chi connectivity index (χ0n) is 10.8. The lowest BCUT2D eigenvalue weighted by Gasteiger charge is -2.30. The van der Waals surface area contributed by atoms with E-state index >= 15 is 0 Å². The SMILES string of the molecule is CC(C)(C)c1ccc(NC(=O)N2CCC2)cc1. The van der Waals surface area contributed by atoms with Gasteiger partial charge >= 0.3 is 6.03 Å². The molecule has 1 aromatic rings. The molecule has 0 aromatic heterocycles. The number of rotatable bonds is 1. The van der Waals surface area contributed by atoms with Crippen LogP contribution in [0.4, 0.5) is 10.5 Å². The molecule has 2 amide bonds. The van der Waals surface area contributed by atoms with Crippen molar-refractivity contribution in [3.63, 3.8) is 0 Å². The van der Waals surface area contributed by atoms with Crippen LogP contribution >= 0.6 is 0 Å². The number of nitrogens with one attached hydrogen (secondary N) is 1. The Morgan fingerprint density at radius 3 is 2.18 bits per heavy atom. The Morgan fingerprint density at radius 1 is 1.18 bits per heavy atom. The van der Waals surface area contributed by atoms with Gasteiger partial charge in [0, 0.05) is 18.8 Å². The van der Waals surface area contributed by atoms with Crippen molar-refractivity contribution in [2.45, 2.75) is 32.6 Å². The molecule has 1 aromatic carbocycles. The normalized spacial score (nSPS) is 15.4. The Morgan fingerprint density at radius 2 is 1.76 bits per heavy atom. The van der Waals surface area contributed by atoms with Gasteiger partial charge in [0.25, 0.3) is 0 Å². The van der Waals surface area contributed by atoms with Crippen LogP contribution in [0.1, 0.15) is 32.8 Å². The standard InChI is InChI=1S/C14H20N2O/c1-14(2,3)11-5-7-12(8-6-11)15-13(17)16-9-4-10-16/h5-8H,4,9-10H2,1-3H3,(H,15,17). The first-order valence-electron chi connectivity index (χ1n) is 6.13. The Hall–Kier alpha value is -1.51. The van der Waals surface area contributed by atoms with Gasteiger partial charge in [0.2, 0.25) is 0 Å². The van der Waals surface area contributed by atoms with Gasteiger partial charge in [-0.25, -0.2) is 4.79 Å². The van der Waals surface area contributed by atoms with Gasteiger partial charge in [-0.1, -0.05) is 32.9 Å². The van der Waals surface area contributed by atoms with E-state index in [0.717, 1.165) is 25.2 Å². The molecule has 1 aliphatic heterocycles. The second kappa shape index (κ2) is 4.40. The van der Waals surface area contributed by atoms with E-state index in [9.17, 15) is 4.79 Å². The number of urea groups is 1. The Balaban J connectivity index is 2.00. The lowest BCUT2D eigenvalue weighted by atomic mass is 9.87. The maximum absolute atomic E-state index is 11.7. The number of anilines is 1. The van der Waals surface area contributed by atoms with Gasteiger partial charge in [-0.3, -0.25) is 0 Å². The molecule has 0 saturated carbocycles. The molecule has 17 heavy (non-hydrogen) atoms. The van der Waals surface area contributed by atoms with E-state index in [0.29, 0.717) is 0 Å². The second-order valence-electron chi connectivity index (χ2n) is 5.60. The third-order valence-electron chi connectivity index (χ3n) is 3.15. The van der Waals surface area contributed by atoms with E-state index in [2.05, 4.69) is 38.2 Å². The van der Waals surface area contributed by atoms with Gasteiger partial charge in [-0.2, -0.15) is 0 Å². The van der Waals surface area contributed by atoms with Crippen molar-refractivity contribution in [3.8, 4) is 0 Å². The number of amides is 2. The molecule has 2 rings (SSSR count). The lowest BCUT2D eigenvalue weighted by molar-refractivity contribution is 0.181. The van der Waals surface area contributed by atoms with Gasteiger partial charge in [0.15, 0.2) is 0 Å². The number of hydrogen-bond donors (Lipinski definition) is 1. The summed E-state index contributed by atoms with van der Waals surface area (Å²) in [6, 6.07) is 8.10. The fraction of sp³-hybridized carbons (Fsp3) is 0.500. The first kappa shape index (κ1) is 12.0. The molecule has 0 unspecified atom stereocenters. The topological polar surface area (TPSA) is 32.3 Å². The minimum Gasteiger partial charge on any atom is -0.324 e. The molecule has 0 atom stereocenters. The summed E-state index contributed by atoms with van der Waals surface area (Å²) in [4.78, 5) is 13.5. The zero-order valence-corrected chi connectivity index (χ0v) is 10.8. The van der Waals surface area contributed by atoms with Gasteiger partial charge in [0.1, 0.15) is 0 Å². The van der Waals surface area contributed by atoms with E-state index < -0.39 is 0 Å². The van der Waals surface area contributed by atoms with Crippen LogP contribution in [0.15, 0.2) is 24.3 Å². The fourth-order valence-corrected chi connectivity index (χ4v) is 1.78. The minimum absolute atomic E-state index is 0.0137. The van der Waals surface area contributed by atoms with Crippen LogP contribution in [0.5, 0.6) is 0 Å². The molecule has 1 fully saturated rings. The van der Waals surface area contributed by atoms with Crippen molar-refractivity contribution in [2.24, 2.45) is 0 Å². The molecule has 1 N–H and O–H groups in total. The molecule has 3 nitrogen and oxygen atoms in total. The Bertz CT molecular complexity index is 399. The van der Waals surface area contributed by atoms with Crippen molar-refractivity contribution in [1.82, 2.24) is 4.90 Å². The van der Waals surface area contributed by atoms with Crippen molar-refractivity contribution in [3.05, 3.63) is 29.8 Å². The molecule has 0 aliphatic carbocycles. The van der Waals surface area contributed by atoms with Crippen LogP contribution in [-0.2, 0) is 5.41 Å². The average molecular weight is 232 g/mol. The van der Waals surface area contributed by atoms with E-state index in [1.807, 2.05) is 17.0 Å². The van der Waals surface area contributed by atoms with Gasteiger partial charge in [-0.05, 0) is 29.5 Å². The second-order valence-corrected chi connectivity index (χ2v) is 5.60. The maximum atomic E-state index is 11.7. The Kier molecular flexibility index (Phi) is 3.09. The number of hydrogen-bond acceptors (Lipinski definition) is 1. The average Bonchev–Trinajstić information content (AvgIpc) is 2.13. The molecule has 92 valence electrons. The smallest absolute Gasteiger partial charge is 0.321 e. The minimum atomic E-state index is 0.0137. The predicted molar refractivity (Wildman–Crippen MR) is 70.4 cm³/mol. The van der Waals surface area contributed by atoms with Crippen LogP contribution in [0.3, 0.4) is 0 Å². The van der Waals surface area contributed by atoms with Crippen LogP contribution in [0.25, 0.3) is 0 Å². The largest absolute Gasteiger partial charge is 0.324 e. The van der Waals surface area contributed by atoms with Gasteiger partial charge in [-0.15, -0.1) is 0 Å². The monoisotopic (exact) mass is 232 g/mol. The number of likely N-dealkylation sites (tertiary alicyclic amines) is 1. The summed E-state index contributed by atoms with van der Waals surface area (Å²) in [5, 5.41) is 2.91. The summed E-state index contributed by atoms with van der Waals surface area (Å²) in [6.45, 7) is 8.31. The summed E-state index contributed by atoms with van der Waals surface area (Å²) in [7, 11) is 0. The lowest BCUT2D eigenvalue weighted by Crippen LogP contribution is -2.44. The molecule has 0 spiro atoms. The van der Waals surface area contributed by atoms with Crippen LogP contribution in [0, 0.1) is 0 Å². The number of carbonyl (C=O) groups is 1. The maximum Gasteiger partial charge on any atom is 0.321 e.